The third-order valence-electron chi connectivity index (χ3n) is 2.57. The van der Waals surface area contributed by atoms with E-state index in [1.807, 2.05) is 35.0 Å². The molecule has 90 valence electrons. The van der Waals surface area contributed by atoms with Gasteiger partial charge in [0.05, 0.1) is 12.9 Å². The SMILES string of the molecule is NCc1nc(-c2ccc(-n3ccnc3)cc2)no1. The molecule has 2 aromatic heterocycles. The van der Waals surface area contributed by atoms with Crippen LogP contribution in [0.2, 0.25) is 0 Å². The first-order valence-corrected chi connectivity index (χ1v) is 5.48. The minimum atomic E-state index is 0.250. The molecule has 18 heavy (non-hydrogen) atoms. The zero-order valence-electron chi connectivity index (χ0n) is 9.52. The lowest BCUT2D eigenvalue weighted by Crippen LogP contribution is -1.95. The van der Waals surface area contributed by atoms with Crippen LogP contribution in [0.5, 0.6) is 0 Å². The van der Waals surface area contributed by atoms with Crippen LogP contribution in [0.25, 0.3) is 17.1 Å². The Kier molecular flexibility index (Phi) is 2.62. The van der Waals surface area contributed by atoms with Crippen molar-refractivity contribution in [3.63, 3.8) is 0 Å². The van der Waals surface area contributed by atoms with E-state index < -0.39 is 0 Å². The van der Waals surface area contributed by atoms with Gasteiger partial charge in [-0.1, -0.05) is 5.16 Å². The summed E-state index contributed by atoms with van der Waals surface area (Å²) < 4.78 is 6.89. The monoisotopic (exact) mass is 241 g/mol. The summed E-state index contributed by atoms with van der Waals surface area (Å²) in [5.41, 5.74) is 7.34. The van der Waals surface area contributed by atoms with Gasteiger partial charge < -0.3 is 14.8 Å². The molecule has 0 fully saturated rings. The Balaban J connectivity index is 1.91. The van der Waals surface area contributed by atoms with Crippen LogP contribution in [0.15, 0.2) is 47.5 Å². The maximum absolute atomic E-state index is 5.42. The predicted molar refractivity (Wildman–Crippen MR) is 64.7 cm³/mol. The van der Waals surface area contributed by atoms with Crippen LogP contribution in [0.4, 0.5) is 0 Å². The molecule has 2 heterocycles. The molecule has 0 unspecified atom stereocenters. The van der Waals surface area contributed by atoms with E-state index >= 15 is 0 Å². The van der Waals surface area contributed by atoms with Gasteiger partial charge in [-0.3, -0.25) is 0 Å². The lowest BCUT2D eigenvalue weighted by molar-refractivity contribution is 0.380. The summed E-state index contributed by atoms with van der Waals surface area (Å²) in [6.45, 7) is 0.250. The number of rotatable bonds is 3. The Morgan fingerprint density at radius 1 is 1.22 bits per heavy atom. The fourth-order valence-electron chi connectivity index (χ4n) is 1.65. The highest BCUT2D eigenvalue weighted by atomic mass is 16.5. The van der Waals surface area contributed by atoms with Crippen molar-refractivity contribution in [3.05, 3.63) is 48.9 Å². The fraction of sp³-hybridized carbons (Fsp3) is 0.0833. The zero-order chi connectivity index (χ0) is 12.4. The highest BCUT2D eigenvalue weighted by molar-refractivity contribution is 5.56. The molecule has 0 saturated carbocycles. The van der Waals surface area contributed by atoms with Gasteiger partial charge in [-0.25, -0.2) is 4.98 Å². The quantitative estimate of drug-likeness (QED) is 0.749. The van der Waals surface area contributed by atoms with Crippen molar-refractivity contribution in [3.8, 4) is 17.1 Å². The maximum Gasteiger partial charge on any atom is 0.240 e. The molecule has 0 spiro atoms. The Bertz CT molecular complexity index is 627. The highest BCUT2D eigenvalue weighted by Crippen LogP contribution is 2.18. The van der Waals surface area contributed by atoms with Crippen LogP contribution in [0.1, 0.15) is 5.89 Å². The summed E-state index contributed by atoms with van der Waals surface area (Å²) in [6, 6.07) is 7.80. The molecule has 3 aromatic rings. The third-order valence-corrected chi connectivity index (χ3v) is 2.57. The molecule has 0 aliphatic heterocycles. The number of imidazole rings is 1. The van der Waals surface area contributed by atoms with Gasteiger partial charge in [0.1, 0.15) is 0 Å². The number of nitrogens with two attached hydrogens (primary N) is 1. The molecule has 3 rings (SSSR count). The van der Waals surface area contributed by atoms with E-state index in [1.54, 1.807) is 12.5 Å². The maximum atomic E-state index is 5.42. The zero-order valence-corrected chi connectivity index (χ0v) is 9.52. The number of hydrogen-bond acceptors (Lipinski definition) is 5. The Labute approximate surface area is 103 Å². The van der Waals surface area contributed by atoms with Gasteiger partial charge in [-0.05, 0) is 24.3 Å². The normalized spacial score (nSPS) is 10.7. The number of benzene rings is 1. The standard InChI is InChI=1S/C12H11N5O/c13-7-11-15-12(16-18-11)9-1-3-10(4-2-9)17-6-5-14-8-17/h1-6,8H,7,13H2. The minimum absolute atomic E-state index is 0.250. The fourth-order valence-corrected chi connectivity index (χ4v) is 1.65. The van der Waals surface area contributed by atoms with Crippen molar-refractivity contribution in [2.45, 2.75) is 6.54 Å². The van der Waals surface area contributed by atoms with Crippen LogP contribution < -0.4 is 5.73 Å². The Hall–Kier alpha value is -2.47. The average Bonchev–Trinajstić information content (AvgIpc) is 3.10. The summed E-state index contributed by atoms with van der Waals surface area (Å²) in [6.07, 6.45) is 5.37. The summed E-state index contributed by atoms with van der Waals surface area (Å²) in [4.78, 5) is 8.17. The second-order valence-electron chi connectivity index (χ2n) is 3.73. The van der Waals surface area contributed by atoms with Gasteiger partial charge in [-0.2, -0.15) is 4.98 Å². The van der Waals surface area contributed by atoms with Crippen molar-refractivity contribution >= 4 is 0 Å². The van der Waals surface area contributed by atoms with Crippen molar-refractivity contribution < 1.29 is 4.52 Å². The summed E-state index contributed by atoms with van der Waals surface area (Å²) >= 11 is 0. The van der Waals surface area contributed by atoms with E-state index in [2.05, 4.69) is 15.1 Å². The summed E-state index contributed by atoms with van der Waals surface area (Å²) in [5.74, 6) is 0.983. The van der Waals surface area contributed by atoms with E-state index in [9.17, 15) is 0 Å². The molecule has 0 saturated heterocycles. The van der Waals surface area contributed by atoms with Gasteiger partial charge in [-0.15, -0.1) is 0 Å². The number of aromatic nitrogens is 4. The minimum Gasteiger partial charge on any atom is -0.338 e. The lowest BCUT2D eigenvalue weighted by atomic mass is 10.2. The van der Waals surface area contributed by atoms with Crippen molar-refractivity contribution in [2.75, 3.05) is 0 Å². The molecule has 0 radical (unpaired) electrons. The number of nitrogens with zero attached hydrogens (tertiary/aromatic N) is 4. The van der Waals surface area contributed by atoms with E-state index in [4.69, 9.17) is 10.3 Å². The molecule has 1 aromatic carbocycles. The molecule has 0 aliphatic rings. The van der Waals surface area contributed by atoms with Crippen LogP contribution in [0, 0.1) is 0 Å². The smallest absolute Gasteiger partial charge is 0.240 e. The van der Waals surface area contributed by atoms with E-state index in [-0.39, 0.29) is 6.54 Å². The summed E-state index contributed by atoms with van der Waals surface area (Å²) in [5, 5.41) is 3.86. The third kappa shape index (κ3) is 1.89. The number of hydrogen-bond donors (Lipinski definition) is 1. The van der Waals surface area contributed by atoms with Gasteiger partial charge in [0.2, 0.25) is 11.7 Å². The van der Waals surface area contributed by atoms with Gasteiger partial charge >= 0.3 is 0 Å². The molecular weight excluding hydrogens is 230 g/mol. The average molecular weight is 241 g/mol. The molecule has 6 nitrogen and oxygen atoms in total. The van der Waals surface area contributed by atoms with Gasteiger partial charge in [0, 0.05) is 23.6 Å². The van der Waals surface area contributed by atoms with Gasteiger partial charge in [0.25, 0.3) is 0 Å². The molecule has 0 atom stereocenters. The molecule has 6 heteroatoms. The predicted octanol–water partition coefficient (Wildman–Crippen LogP) is 1.38. The topological polar surface area (TPSA) is 82.8 Å². The molecule has 0 aliphatic carbocycles. The Morgan fingerprint density at radius 3 is 2.67 bits per heavy atom. The first-order chi connectivity index (χ1) is 8.86. The lowest BCUT2D eigenvalue weighted by Gasteiger charge is -2.01. The van der Waals surface area contributed by atoms with Crippen LogP contribution >= 0.6 is 0 Å². The van der Waals surface area contributed by atoms with Crippen molar-refractivity contribution in [1.82, 2.24) is 19.7 Å². The van der Waals surface area contributed by atoms with Crippen LogP contribution in [-0.4, -0.2) is 19.7 Å². The molecule has 0 amide bonds. The largest absolute Gasteiger partial charge is 0.338 e. The van der Waals surface area contributed by atoms with Crippen molar-refractivity contribution in [1.29, 1.82) is 0 Å². The molecule has 0 bridgehead atoms. The Morgan fingerprint density at radius 2 is 2.06 bits per heavy atom. The van der Waals surface area contributed by atoms with E-state index in [1.165, 1.54) is 0 Å². The molecular formula is C12H11N5O. The van der Waals surface area contributed by atoms with Gasteiger partial charge in [0.15, 0.2) is 0 Å². The highest BCUT2D eigenvalue weighted by Gasteiger charge is 2.07. The van der Waals surface area contributed by atoms with Crippen LogP contribution in [-0.2, 0) is 6.54 Å². The first kappa shape index (κ1) is 10.7. The van der Waals surface area contributed by atoms with E-state index in [0.717, 1.165) is 11.3 Å². The first-order valence-electron chi connectivity index (χ1n) is 5.48. The second-order valence-corrected chi connectivity index (χ2v) is 3.73. The van der Waals surface area contributed by atoms with E-state index in [0.29, 0.717) is 11.7 Å². The van der Waals surface area contributed by atoms with Crippen molar-refractivity contribution in [2.24, 2.45) is 5.73 Å². The molecule has 2 N–H and O–H groups in total. The second kappa shape index (κ2) is 4.42. The van der Waals surface area contributed by atoms with Crippen LogP contribution in [0.3, 0.4) is 0 Å². The summed E-state index contributed by atoms with van der Waals surface area (Å²) in [7, 11) is 0.